The molecule has 18 heavy (non-hydrogen) atoms. The molecule has 0 unspecified atom stereocenters. The monoisotopic (exact) mass is 253 g/mol. The van der Waals surface area contributed by atoms with Gasteiger partial charge in [-0.2, -0.15) is 0 Å². The van der Waals surface area contributed by atoms with Crippen molar-refractivity contribution in [3.8, 4) is 0 Å². The molecule has 1 aromatic rings. The minimum atomic E-state index is -0.509. The van der Waals surface area contributed by atoms with E-state index in [1.807, 2.05) is 0 Å². The molecule has 0 aliphatic heterocycles. The van der Waals surface area contributed by atoms with Crippen molar-refractivity contribution in [2.24, 2.45) is 5.73 Å². The summed E-state index contributed by atoms with van der Waals surface area (Å²) in [6, 6.07) is 1.22. The van der Waals surface area contributed by atoms with E-state index in [2.05, 4.69) is 10.6 Å². The molecule has 100 valence electrons. The lowest BCUT2D eigenvalue weighted by atomic mass is 10.2. The van der Waals surface area contributed by atoms with Crippen LogP contribution < -0.4 is 16.4 Å². The highest BCUT2D eigenvalue weighted by molar-refractivity contribution is 5.92. The van der Waals surface area contributed by atoms with Crippen LogP contribution in [-0.4, -0.2) is 30.9 Å². The van der Waals surface area contributed by atoms with Gasteiger partial charge >= 0.3 is 0 Å². The van der Waals surface area contributed by atoms with Crippen LogP contribution >= 0.6 is 0 Å². The predicted octanol–water partition coefficient (Wildman–Crippen LogP) is 0.171. The van der Waals surface area contributed by atoms with Gasteiger partial charge in [-0.3, -0.25) is 9.59 Å². The zero-order valence-electron chi connectivity index (χ0n) is 10.7. The average Bonchev–Trinajstić information content (AvgIpc) is 2.74. The van der Waals surface area contributed by atoms with Crippen molar-refractivity contribution in [3.05, 3.63) is 23.7 Å². The van der Waals surface area contributed by atoms with Crippen LogP contribution in [0, 0.1) is 6.92 Å². The van der Waals surface area contributed by atoms with Crippen LogP contribution in [0.5, 0.6) is 0 Å². The van der Waals surface area contributed by atoms with Gasteiger partial charge in [0.1, 0.15) is 0 Å². The summed E-state index contributed by atoms with van der Waals surface area (Å²) < 4.78 is 5.05. The van der Waals surface area contributed by atoms with Crippen molar-refractivity contribution in [1.29, 1.82) is 0 Å². The molecule has 0 fully saturated rings. The van der Waals surface area contributed by atoms with Crippen LogP contribution in [0.15, 0.2) is 16.7 Å². The van der Waals surface area contributed by atoms with Crippen molar-refractivity contribution in [2.75, 3.05) is 13.1 Å². The first-order chi connectivity index (χ1) is 8.52. The van der Waals surface area contributed by atoms with Gasteiger partial charge in [0.05, 0.1) is 12.3 Å². The first-order valence-electron chi connectivity index (χ1n) is 5.88. The van der Waals surface area contributed by atoms with E-state index in [1.54, 1.807) is 19.9 Å². The minimum absolute atomic E-state index is 0.191. The molecule has 1 aromatic heterocycles. The quantitative estimate of drug-likeness (QED) is 0.629. The molecule has 0 bridgehead atoms. The van der Waals surface area contributed by atoms with E-state index < -0.39 is 6.04 Å². The molecule has 0 saturated heterocycles. The topological polar surface area (TPSA) is 97.4 Å². The fourth-order valence-electron chi connectivity index (χ4n) is 1.35. The number of nitrogens with one attached hydrogen (secondary N) is 2. The van der Waals surface area contributed by atoms with Gasteiger partial charge in [-0.25, -0.2) is 0 Å². The third-order valence-electron chi connectivity index (χ3n) is 2.42. The lowest BCUT2D eigenvalue weighted by Crippen LogP contribution is -2.39. The Balaban J connectivity index is 2.17. The molecule has 0 aromatic carbocycles. The van der Waals surface area contributed by atoms with Gasteiger partial charge in [-0.1, -0.05) is 0 Å². The summed E-state index contributed by atoms with van der Waals surface area (Å²) in [5, 5.41) is 5.38. The molecule has 2 amide bonds. The Morgan fingerprint density at radius 1 is 1.39 bits per heavy atom. The van der Waals surface area contributed by atoms with Gasteiger partial charge in [0.2, 0.25) is 5.91 Å². The fraction of sp³-hybridized carbons (Fsp3) is 0.500. The van der Waals surface area contributed by atoms with E-state index in [9.17, 15) is 9.59 Å². The zero-order chi connectivity index (χ0) is 13.5. The average molecular weight is 253 g/mol. The Hall–Kier alpha value is -1.82. The highest BCUT2D eigenvalue weighted by Crippen LogP contribution is 2.07. The van der Waals surface area contributed by atoms with E-state index >= 15 is 0 Å². The Bertz CT molecular complexity index is 412. The van der Waals surface area contributed by atoms with Crippen molar-refractivity contribution in [1.82, 2.24) is 10.6 Å². The van der Waals surface area contributed by atoms with E-state index in [1.165, 1.54) is 6.26 Å². The second-order valence-corrected chi connectivity index (χ2v) is 4.12. The van der Waals surface area contributed by atoms with E-state index in [4.69, 9.17) is 10.2 Å². The normalized spacial score (nSPS) is 11.9. The third-order valence-corrected chi connectivity index (χ3v) is 2.42. The Morgan fingerprint density at radius 3 is 2.61 bits per heavy atom. The lowest BCUT2D eigenvalue weighted by molar-refractivity contribution is -0.121. The fourth-order valence-corrected chi connectivity index (χ4v) is 1.35. The van der Waals surface area contributed by atoms with Gasteiger partial charge in [-0.15, -0.1) is 0 Å². The predicted molar refractivity (Wildman–Crippen MR) is 67.1 cm³/mol. The second-order valence-electron chi connectivity index (χ2n) is 4.12. The number of hydrogen-bond acceptors (Lipinski definition) is 4. The molecule has 6 nitrogen and oxygen atoms in total. The Morgan fingerprint density at radius 2 is 2.06 bits per heavy atom. The van der Waals surface area contributed by atoms with Crippen LogP contribution in [0.1, 0.15) is 29.5 Å². The maximum atomic E-state index is 11.6. The molecule has 0 radical (unpaired) electrons. The first-order valence-corrected chi connectivity index (χ1v) is 5.88. The maximum absolute atomic E-state index is 11.6. The number of amides is 2. The number of nitrogens with two attached hydrogens (primary N) is 1. The zero-order valence-corrected chi connectivity index (χ0v) is 10.7. The standard InChI is InChI=1S/C12H19N3O3/c1-8-4-7-18-10(8)12(17)15-6-3-5-14-11(16)9(2)13/h4,7,9H,3,5-6,13H2,1-2H3,(H,14,16)(H,15,17)/t9-/m0/s1. The summed E-state index contributed by atoms with van der Waals surface area (Å²) in [6.07, 6.45) is 2.12. The summed E-state index contributed by atoms with van der Waals surface area (Å²) in [5.41, 5.74) is 6.19. The van der Waals surface area contributed by atoms with Crippen molar-refractivity contribution in [2.45, 2.75) is 26.3 Å². The van der Waals surface area contributed by atoms with Gasteiger partial charge in [0, 0.05) is 18.7 Å². The lowest BCUT2D eigenvalue weighted by Gasteiger charge is -2.08. The number of furan rings is 1. The molecule has 4 N–H and O–H groups in total. The van der Waals surface area contributed by atoms with Crippen molar-refractivity contribution in [3.63, 3.8) is 0 Å². The molecule has 0 aliphatic carbocycles. The van der Waals surface area contributed by atoms with E-state index in [-0.39, 0.29) is 11.8 Å². The summed E-state index contributed by atoms with van der Waals surface area (Å²) in [7, 11) is 0. The molecule has 0 saturated carbocycles. The summed E-state index contributed by atoms with van der Waals surface area (Å²) in [6.45, 7) is 4.38. The number of hydrogen-bond donors (Lipinski definition) is 3. The Labute approximate surface area is 106 Å². The summed E-state index contributed by atoms with van der Waals surface area (Å²) in [5.74, 6) is -0.103. The van der Waals surface area contributed by atoms with Gasteiger partial charge in [-0.05, 0) is 26.3 Å². The Kier molecular flexibility index (Phi) is 5.38. The largest absolute Gasteiger partial charge is 0.459 e. The SMILES string of the molecule is Cc1ccoc1C(=O)NCCCNC(=O)[C@H](C)N. The molecular formula is C12H19N3O3. The second kappa shape index (κ2) is 6.80. The molecule has 1 heterocycles. The van der Waals surface area contributed by atoms with E-state index in [0.29, 0.717) is 25.3 Å². The number of rotatable bonds is 6. The first kappa shape index (κ1) is 14.2. The van der Waals surface area contributed by atoms with Crippen LogP contribution in [-0.2, 0) is 4.79 Å². The van der Waals surface area contributed by atoms with Gasteiger partial charge in [0.25, 0.3) is 5.91 Å². The minimum Gasteiger partial charge on any atom is -0.459 e. The molecule has 0 aliphatic rings. The molecule has 1 rings (SSSR count). The van der Waals surface area contributed by atoms with Crippen LogP contribution in [0.3, 0.4) is 0 Å². The third kappa shape index (κ3) is 4.21. The number of aryl methyl sites for hydroxylation is 1. The van der Waals surface area contributed by atoms with Crippen LogP contribution in [0.25, 0.3) is 0 Å². The highest BCUT2D eigenvalue weighted by atomic mass is 16.3. The number of carbonyl (C=O) groups excluding carboxylic acids is 2. The van der Waals surface area contributed by atoms with E-state index in [0.717, 1.165) is 5.56 Å². The molecule has 6 heteroatoms. The van der Waals surface area contributed by atoms with Crippen LogP contribution in [0.4, 0.5) is 0 Å². The van der Waals surface area contributed by atoms with Crippen molar-refractivity contribution >= 4 is 11.8 Å². The highest BCUT2D eigenvalue weighted by Gasteiger charge is 2.11. The smallest absolute Gasteiger partial charge is 0.287 e. The number of carbonyl (C=O) groups is 2. The van der Waals surface area contributed by atoms with Crippen LogP contribution in [0.2, 0.25) is 0 Å². The molecular weight excluding hydrogens is 234 g/mol. The summed E-state index contributed by atoms with van der Waals surface area (Å²) >= 11 is 0. The molecule has 1 atom stereocenters. The van der Waals surface area contributed by atoms with Gasteiger partial charge in [0.15, 0.2) is 5.76 Å². The summed E-state index contributed by atoms with van der Waals surface area (Å²) in [4.78, 5) is 22.8. The maximum Gasteiger partial charge on any atom is 0.287 e. The molecule has 0 spiro atoms. The van der Waals surface area contributed by atoms with Crippen molar-refractivity contribution < 1.29 is 14.0 Å². The van der Waals surface area contributed by atoms with Gasteiger partial charge < -0.3 is 20.8 Å².